The highest BCUT2D eigenvalue weighted by molar-refractivity contribution is 5.91. The van der Waals surface area contributed by atoms with Crippen molar-refractivity contribution in [2.45, 2.75) is 27.2 Å². The van der Waals surface area contributed by atoms with Crippen molar-refractivity contribution in [3.8, 4) is 23.0 Å². The molecule has 0 N–H and O–H groups in total. The molecule has 0 aromatic heterocycles. The van der Waals surface area contributed by atoms with Gasteiger partial charge < -0.3 is 23.7 Å². The number of rotatable bonds is 9. The van der Waals surface area contributed by atoms with Gasteiger partial charge in [-0.05, 0) is 86.0 Å². The minimum atomic E-state index is -0.801. The van der Waals surface area contributed by atoms with E-state index in [1.165, 1.54) is 29.8 Å². The van der Waals surface area contributed by atoms with Crippen LogP contribution in [-0.2, 0) is 11.2 Å². The number of carbonyl (C=O) groups excluding carboxylic acids is 2. The van der Waals surface area contributed by atoms with E-state index in [9.17, 15) is 9.59 Å². The van der Waals surface area contributed by atoms with Crippen molar-refractivity contribution in [2.75, 3.05) is 13.4 Å². The van der Waals surface area contributed by atoms with Crippen LogP contribution < -0.4 is 18.9 Å². The molecule has 0 atom stereocenters. The first kappa shape index (κ1) is 23.7. The summed E-state index contributed by atoms with van der Waals surface area (Å²) in [4.78, 5) is 23.8. The summed E-state index contributed by atoms with van der Waals surface area (Å²) < 4.78 is 26.4. The van der Waals surface area contributed by atoms with E-state index in [1.54, 1.807) is 25.1 Å². The molecule has 3 aromatic carbocycles. The van der Waals surface area contributed by atoms with Crippen molar-refractivity contribution in [1.29, 1.82) is 0 Å². The van der Waals surface area contributed by atoms with Gasteiger partial charge in [0.15, 0.2) is 0 Å². The van der Waals surface area contributed by atoms with Crippen molar-refractivity contribution in [3.63, 3.8) is 0 Å². The summed E-state index contributed by atoms with van der Waals surface area (Å²) in [5, 5.41) is 0. The van der Waals surface area contributed by atoms with Gasteiger partial charge in [0.25, 0.3) is 0 Å². The molecule has 0 radical (unpaired) electrons. The molecule has 0 aliphatic heterocycles. The Morgan fingerprint density at radius 1 is 0.758 bits per heavy atom. The van der Waals surface area contributed by atoms with Gasteiger partial charge in [-0.15, -0.1) is 0 Å². The Balaban J connectivity index is 1.52. The molecule has 0 fully saturated rings. The van der Waals surface area contributed by atoms with Gasteiger partial charge in [-0.3, -0.25) is 0 Å². The minimum Gasteiger partial charge on any atom is -0.458 e. The molecule has 3 aromatic rings. The maximum absolute atomic E-state index is 12.4. The number of hydrogen-bond donors (Lipinski definition) is 0. The number of esters is 1. The van der Waals surface area contributed by atoms with Crippen LogP contribution in [0.15, 0.2) is 66.7 Å². The molecule has 0 saturated heterocycles. The molecule has 0 saturated carbocycles. The van der Waals surface area contributed by atoms with Crippen LogP contribution in [0.4, 0.5) is 4.79 Å². The fourth-order valence-electron chi connectivity index (χ4n) is 2.90. The molecular weight excluding hydrogens is 424 g/mol. The fraction of sp³-hybridized carbons (Fsp3) is 0.231. The van der Waals surface area contributed by atoms with Gasteiger partial charge in [-0.2, -0.15) is 0 Å². The standard InChI is InChI=1S/C26H26O7/c1-4-19-6-10-21(11-7-19)30-17-31-24-15-14-23(16-18(24)3)32-25(27)20-8-12-22(13-9-20)33-26(28)29-5-2/h6-16H,4-5,17H2,1-3H3. The fourth-order valence-corrected chi connectivity index (χ4v) is 2.90. The maximum Gasteiger partial charge on any atom is 0.513 e. The van der Waals surface area contributed by atoms with E-state index in [0.29, 0.717) is 17.1 Å². The first-order valence-corrected chi connectivity index (χ1v) is 10.6. The molecule has 172 valence electrons. The van der Waals surface area contributed by atoms with Crippen LogP contribution >= 0.6 is 0 Å². The topological polar surface area (TPSA) is 80.3 Å². The van der Waals surface area contributed by atoms with Gasteiger partial charge in [0.05, 0.1) is 12.2 Å². The molecular formula is C26H26O7. The van der Waals surface area contributed by atoms with Crippen molar-refractivity contribution < 1.29 is 33.3 Å². The summed E-state index contributed by atoms with van der Waals surface area (Å²) in [5.41, 5.74) is 2.35. The lowest BCUT2D eigenvalue weighted by atomic mass is 10.2. The number of hydrogen-bond acceptors (Lipinski definition) is 7. The van der Waals surface area contributed by atoms with Crippen LogP contribution in [-0.4, -0.2) is 25.5 Å². The Morgan fingerprint density at radius 2 is 1.42 bits per heavy atom. The summed E-state index contributed by atoms with van der Waals surface area (Å²) in [7, 11) is 0. The van der Waals surface area contributed by atoms with Gasteiger partial charge in [-0.25, -0.2) is 9.59 Å². The lowest BCUT2D eigenvalue weighted by Gasteiger charge is -2.12. The van der Waals surface area contributed by atoms with Crippen LogP contribution in [0.2, 0.25) is 0 Å². The second-order valence-corrected chi connectivity index (χ2v) is 7.03. The SMILES string of the molecule is CCOC(=O)Oc1ccc(C(=O)Oc2ccc(OCOc3ccc(CC)cc3)c(C)c2)cc1. The van der Waals surface area contributed by atoms with Crippen molar-refractivity contribution in [1.82, 2.24) is 0 Å². The average molecular weight is 450 g/mol. The van der Waals surface area contributed by atoms with Crippen molar-refractivity contribution in [3.05, 3.63) is 83.4 Å². The van der Waals surface area contributed by atoms with Crippen LogP contribution in [0.25, 0.3) is 0 Å². The highest BCUT2D eigenvalue weighted by Crippen LogP contribution is 2.25. The molecule has 0 amide bonds. The molecule has 0 aliphatic carbocycles. The van der Waals surface area contributed by atoms with Crippen LogP contribution in [0, 0.1) is 6.92 Å². The predicted molar refractivity (Wildman–Crippen MR) is 122 cm³/mol. The zero-order chi connectivity index (χ0) is 23.6. The summed E-state index contributed by atoms with van der Waals surface area (Å²) in [6.07, 6.45) is 0.174. The monoisotopic (exact) mass is 450 g/mol. The van der Waals surface area contributed by atoms with Gasteiger partial charge in [0.2, 0.25) is 6.79 Å². The summed E-state index contributed by atoms with van der Waals surface area (Å²) in [5.74, 6) is 1.47. The summed E-state index contributed by atoms with van der Waals surface area (Å²) in [6.45, 7) is 5.91. The van der Waals surface area contributed by atoms with Gasteiger partial charge in [-0.1, -0.05) is 19.1 Å². The molecule has 0 heterocycles. The molecule has 0 unspecified atom stereocenters. The molecule has 7 nitrogen and oxygen atoms in total. The second kappa shape index (κ2) is 11.6. The molecule has 0 bridgehead atoms. The zero-order valence-electron chi connectivity index (χ0n) is 18.8. The van der Waals surface area contributed by atoms with E-state index >= 15 is 0 Å². The predicted octanol–water partition coefficient (Wildman–Crippen LogP) is 5.73. The lowest BCUT2D eigenvalue weighted by molar-refractivity contribution is 0.0734. The Labute approximate surface area is 192 Å². The van der Waals surface area contributed by atoms with Crippen molar-refractivity contribution >= 4 is 12.1 Å². The normalized spacial score (nSPS) is 10.3. The van der Waals surface area contributed by atoms with Crippen LogP contribution in [0.5, 0.6) is 23.0 Å². The van der Waals surface area contributed by atoms with E-state index in [0.717, 1.165) is 17.7 Å². The summed E-state index contributed by atoms with van der Waals surface area (Å²) in [6, 6.07) is 18.9. The van der Waals surface area contributed by atoms with E-state index in [1.807, 2.05) is 31.2 Å². The van der Waals surface area contributed by atoms with Crippen LogP contribution in [0.1, 0.15) is 35.3 Å². The molecule has 7 heteroatoms. The Hall–Kier alpha value is -4.00. The Morgan fingerprint density at radius 3 is 2.06 bits per heavy atom. The van der Waals surface area contributed by atoms with Crippen molar-refractivity contribution in [2.24, 2.45) is 0 Å². The third kappa shape index (κ3) is 7.00. The largest absolute Gasteiger partial charge is 0.513 e. The van der Waals surface area contributed by atoms with Crippen LogP contribution in [0.3, 0.4) is 0 Å². The van der Waals surface area contributed by atoms with Gasteiger partial charge >= 0.3 is 12.1 Å². The zero-order valence-corrected chi connectivity index (χ0v) is 18.8. The smallest absolute Gasteiger partial charge is 0.458 e. The summed E-state index contributed by atoms with van der Waals surface area (Å²) >= 11 is 0. The van der Waals surface area contributed by atoms with E-state index in [-0.39, 0.29) is 19.1 Å². The van der Waals surface area contributed by atoms with E-state index < -0.39 is 12.1 Å². The number of carbonyl (C=O) groups is 2. The lowest BCUT2D eigenvalue weighted by Crippen LogP contribution is -2.11. The molecule has 0 spiro atoms. The number of aryl methyl sites for hydroxylation is 2. The van der Waals surface area contributed by atoms with E-state index in [4.69, 9.17) is 23.7 Å². The maximum atomic E-state index is 12.4. The molecule has 33 heavy (non-hydrogen) atoms. The number of benzene rings is 3. The third-order valence-corrected chi connectivity index (χ3v) is 4.68. The molecule has 3 rings (SSSR count). The Bertz CT molecular complexity index is 1070. The van der Waals surface area contributed by atoms with Gasteiger partial charge in [0, 0.05) is 0 Å². The highest BCUT2D eigenvalue weighted by Gasteiger charge is 2.12. The Kier molecular flexibility index (Phi) is 8.30. The second-order valence-electron chi connectivity index (χ2n) is 7.03. The quantitative estimate of drug-likeness (QED) is 0.178. The highest BCUT2D eigenvalue weighted by atomic mass is 16.7. The van der Waals surface area contributed by atoms with E-state index in [2.05, 4.69) is 6.92 Å². The third-order valence-electron chi connectivity index (χ3n) is 4.68. The van der Waals surface area contributed by atoms with Gasteiger partial charge in [0.1, 0.15) is 23.0 Å². The number of ether oxygens (including phenoxy) is 5. The average Bonchev–Trinajstić information content (AvgIpc) is 2.81. The first-order valence-electron chi connectivity index (χ1n) is 10.6. The molecule has 0 aliphatic rings. The minimum absolute atomic E-state index is 0.0612. The first-order chi connectivity index (χ1) is 16.0.